The Morgan fingerprint density at radius 3 is 2.55 bits per heavy atom. The van der Waals surface area contributed by atoms with Gasteiger partial charge in [-0.1, -0.05) is 30.3 Å². The summed E-state index contributed by atoms with van der Waals surface area (Å²) in [6.45, 7) is 0. The van der Waals surface area contributed by atoms with Crippen LogP contribution in [0.2, 0.25) is 0 Å². The average Bonchev–Trinajstić information content (AvgIpc) is 2.48. The Labute approximate surface area is 113 Å². The number of H-pyrrole nitrogens is 1. The van der Waals surface area contributed by atoms with Gasteiger partial charge in [-0.15, -0.1) is 0 Å². The van der Waals surface area contributed by atoms with E-state index in [0.717, 1.165) is 0 Å². The highest BCUT2D eigenvalue weighted by Crippen LogP contribution is 2.24. The molecular formula is C14H10N4O2. The van der Waals surface area contributed by atoms with E-state index < -0.39 is 5.56 Å². The minimum atomic E-state index is -0.419. The van der Waals surface area contributed by atoms with Crippen molar-refractivity contribution in [3.8, 4) is 28.5 Å². The summed E-state index contributed by atoms with van der Waals surface area (Å²) in [5, 5.41) is 10.0. The van der Waals surface area contributed by atoms with Gasteiger partial charge < -0.3 is 10.1 Å². The predicted molar refractivity (Wildman–Crippen MR) is 73.0 cm³/mol. The van der Waals surface area contributed by atoms with Crippen molar-refractivity contribution in [3.05, 3.63) is 59.3 Å². The van der Waals surface area contributed by atoms with Gasteiger partial charge in [0.2, 0.25) is 5.88 Å². The standard InChI is InChI=1S/C14H10N4O2/c19-13-11(9-4-2-1-3-5-9)14(20)18-12(17-13)10-6-7-15-8-16-10/h1-8H,(H2,17,18,19,20). The molecule has 1 aromatic carbocycles. The predicted octanol–water partition coefficient (Wildman–Crippen LogP) is 1.60. The quantitative estimate of drug-likeness (QED) is 0.735. The number of nitrogens with zero attached hydrogens (tertiary/aromatic N) is 3. The van der Waals surface area contributed by atoms with Crippen LogP contribution in [0, 0.1) is 0 Å². The van der Waals surface area contributed by atoms with Crippen molar-refractivity contribution in [2.45, 2.75) is 0 Å². The largest absolute Gasteiger partial charge is 0.493 e. The Morgan fingerprint density at radius 1 is 1.10 bits per heavy atom. The van der Waals surface area contributed by atoms with Gasteiger partial charge in [0, 0.05) is 6.20 Å². The second-order valence-corrected chi connectivity index (χ2v) is 4.07. The smallest absolute Gasteiger partial charge is 0.262 e. The molecular weight excluding hydrogens is 256 g/mol. The summed E-state index contributed by atoms with van der Waals surface area (Å²) in [5.41, 5.74) is 0.765. The zero-order valence-corrected chi connectivity index (χ0v) is 10.3. The van der Waals surface area contributed by atoms with Crippen LogP contribution in [0.4, 0.5) is 0 Å². The molecule has 2 N–H and O–H groups in total. The lowest BCUT2D eigenvalue weighted by Crippen LogP contribution is -2.12. The van der Waals surface area contributed by atoms with Crippen molar-refractivity contribution in [2.75, 3.05) is 0 Å². The van der Waals surface area contributed by atoms with E-state index in [-0.39, 0.29) is 17.3 Å². The number of hydrogen-bond acceptors (Lipinski definition) is 5. The Morgan fingerprint density at radius 2 is 1.90 bits per heavy atom. The van der Waals surface area contributed by atoms with Crippen LogP contribution in [-0.2, 0) is 0 Å². The Hall–Kier alpha value is -3.02. The van der Waals surface area contributed by atoms with Gasteiger partial charge >= 0.3 is 0 Å². The summed E-state index contributed by atoms with van der Waals surface area (Å²) in [6.07, 6.45) is 2.88. The molecule has 6 nitrogen and oxygen atoms in total. The number of rotatable bonds is 2. The first kappa shape index (κ1) is 12.0. The van der Waals surface area contributed by atoms with Crippen molar-refractivity contribution in [2.24, 2.45) is 0 Å². The summed E-state index contributed by atoms with van der Waals surface area (Å²) in [4.78, 5) is 26.5. The van der Waals surface area contributed by atoms with E-state index in [1.807, 2.05) is 6.07 Å². The molecule has 0 amide bonds. The van der Waals surface area contributed by atoms with E-state index >= 15 is 0 Å². The van der Waals surface area contributed by atoms with Crippen molar-refractivity contribution >= 4 is 0 Å². The summed E-state index contributed by atoms with van der Waals surface area (Å²) in [6, 6.07) is 10.5. The molecule has 98 valence electrons. The molecule has 0 aliphatic rings. The van der Waals surface area contributed by atoms with Crippen LogP contribution in [0.5, 0.6) is 5.88 Å². The van der Waals surface area contributed by atoms with E-state index in [0.29, 0.717) is 11.3 Å². The lowest BCUT2D eigenvalue weighted by atomic mass is 10.1. The van der Waals surface area contributed by atoms with Crippen molar-refractivity contribution in [1.29, 1.82) is 0 Å². The van der Waals surface area contributed by atoms with Crippen LogP contribution in [-0.4, -0.2) is 25.0 Å². The molecule has 0 saturated heterocycles. The molecule has 6 heteroatoms. The van der Waals surface area contributed by atoms with Crippen LogP contribution in [0.25, 0.3) is 22.6 Å². The minimum Gasteiger partial charge on any atom is -0.493 e. The lowest BCUT2D eigenvalue weighted by molar-refractivity contribution is 0.454. The third-order valence-corrected chi connectivity index (χ3v) is 2.79. The monoisotopic (exact) mass is 266 g/mol. The van der Waals surface area contributed by atoms with Gasteiger partial charge in [0.15, 0.2) is 5.82 Å². The second-order valence-electron chi connectivity index (χ2n) is 4.07. The molecule has 2 aromatic heterocycles. The van der Waals surface area contributed by atoms with Gasteiger partial charge in [-0.2, -0.15) is 4.98 Å². The summed E-state index contributed by atoms with van der Waals surface area (Å²) < 4.78 is 0. The average molecular weight is 266 g/mol. The topological polar surface area (TPSA) is 91.8 Å². The first-order chi connectivity index (χ1) is 9.75. The van der Waals surface area contributed by atoms with Gasteiger partial charge in [-0.3, -0.25) is 4.79 Å². The number of nitrogens with one attached hydrogen (secondary N) is 1. The molecule has 0 spiro atoms. The molecule has 2 heterocycles. The molecule has 20 heavy (non-hydrogen) atoms. The summed E-state index contributed by atoms with van der Waals surface area (Å²) >= 11 is 0. The van der Waals surface area contributed by atoms with Crippen LogP contribution in [0.15, 0.2) is 53.7 Å². The highest BCUT2D eigenvalue weighted by molar-refractivity contribution is 5.68. The number of aromatic amines is 1. The highest BCUT2D eigenvalue weighted by Gasteiger charge is 2.13. The molecule has 0 aliphatic carbocycles. The molecule has 3 aromatic rings. The lowest BCUT2D eigenvalue weighted by Gasteiger charge is -2.05. The first-order valence-electron chi connectivity index (χ1n) is 5.91. The van der Waals surface area contributed by atoms with E-state index in [9.17, 15) is 9.90 Å². The maximum Gasteiger partial charge on any atom is 0.262 e. The fraction of sp³-hybridized carbons (Fsp3) is 0. The van der Waals surface area contributed by atoms with Crippen LogP contribution >= 0.6 is 0 Å². The SMILES string of the molecule is O=c1[nH]c(-c2ccncn2)nc(O)c1-c1ccccc1. The van der Waals surface area contributed by atoms with Crippen LogP contribution in [0.1, 0.15) is 0 Å². The Balaban J connectivity index is 2.16. The van der Waals surface area contributed by atoms with E-state index in [4.69, 9.17) is 0 Å². The van der Waals surface area contributed by atoms with Gasteiger partial charge in [-0.05, 0) is 11.6 Å². The normalized spacial score (nSPS) is 10.4. The Kier molecular flexibility index (Phi) is 2.96. The third-order valence-electron chi connectivity index (χ3n) is 2.79. The molecule has 0 saturated carbocycles. The third kappa shape index (κ3) is 2.14. The number of aromatic nitrogens is 4. The molecule has 3 rings (SSSR count). The molecule has 0 unspecified atom stereocenters. The zero-order chi connectivity index (χ0) is 13.9. The van der Waals surface area contributed by atoms with Gasteiger partial charge in [0.05, 0.1) is 0 Å². The highest BCUT2D eigenvalue weighted by atomic mass is 16.3. The maximum atomic E-state index is 12.1. The molecule has 0 bridgehead atoms. The van der Waals surface area contributed by atoms with E-state index in [1.165, 1.54) is 12.5 Å². The number of benzene rings is 1. The van der Waals surface area contributed by atoms with Crippen molar-refractivity contribution < 1.29 is 5.11 Å². The van der Waals surface area contributed by atoms with E-state index in [2.05, 4.69) is 19.9 Å². The summed E-state index contributed by atoms with van der Waals surface area (Å²) in [7, 11) is 0. The minimum absolute atomic E-state index is 0.142. The molecule has 0 aliphatic heterocycles. The van der Waals surface area contributed by atoms with Crippen molar-refractivity contribution in [1.82, 2.24) is 19.9 Å². The zero-order valence-electron chi connectivity index (χ0n) is 10.3. The number of aromatic hydroxyl groups is 1. The molecule has 0 atom stereocenters. The fourth-order valence-electron chi connectivity index (χ4n) is 1.88. The van der Waals surface area contributed by atoms with Crippen LogP contribution < -0.4 is 5.56 Å². The fourth-order valence-corrected chi connectivity index (χ4v) is 1.88. The van der Waals surface area contributed by atoms with Gasteiger partial charge in [-0.25, -0.2) is 9.97 Å². The maximum absolute atomic E-state index is 12.1. The molecule has 0 radical (unpaired) electrons. The molecule has 0 fully saturated rings. The second kappa shape index (κ2) is 4.93. The number of hydrogen-bond donors (Lipinski definition) is 2. The van der Waals surface area contributed by atoms with Crippen molar-refractivity contribution in [3.63, 3.8) is 0 Å². The first-order valence-corrected chi connectivity index (χ1v) is 5.91. The van der Waals surface area contributed by atoms with E-state index in [1.54, 1.807) is 30.3 Å². The van der Waals surface area contributed by atoms with Gasteiger partial charge in [0.1, 0.15) is 17.6 Å². The van der Waals surface area contributed by atoms with Gasteiger partial charge in [0.25, 0.3) is 5.56 Å². The Bertz CT molecular complexity index is 785. The summed E-state index contributed by atoms with van der Waals surface area (Å²) in [5.74, 6) is -0.122. The van der Waals surface area contributed by atoms with Crippen LogP contribution in [0.3, 0.4) is 0 Å².